The molecule has 1 aromatic rings. The lowest BCUT2D eigenvalue weighted by molar-refractivity contribution is 0.0209. The second kappa shape index (κ2) is 9.03. The Morgan fingerprint density at radius 3 is 2.54 bits per heavy atom. The maximum absolute atomic E-state index is 12.0. The number of nitrogens with one attached hydrogen (secondary N) is 2. The zero-order valence-electron chi connectivity index (χ0n) is 15.3. The third-order valence-electron chi connectivity index (χ3n) is 4.43. The largest absolute Gasteiger partial charge is 0.379 e. The summed E-state index contributed by atoms with van der Waals surface area (Å²) >= 11 is 0. The van der Waals surface area contributed by atoms with Crippen molar-refractivity contribution in [1.29, 1.82) is 0 Å². The first kappa shape index (κ1) is 18.7. The van der Waals surface area contributed by atoms with Gasteiger partial charge in [-0.2, -0.15) is 5.10 Å². The van der Waals surface area contributed by atoms with Crippen molar-refractivity contribution < 1.29 is 9.53 Å². The van der Waals surface area contributed by atoms with Crippen LogP contribution >= 0.6 is 0 Å². The number of amides is 2. The molecule has 1 aliphatic heterocycles. The van der Waals surface area contributed by atoms with Crippen LogP contribution in [0.5, 0.6) is 0 Å². The van der Waals surface area contributed by atoms with Crippen LogP contribution in [0.3, 0.4) is 0 Å². The van der Waals surface area contributed by atoms with Crippen LogP contribution in [0.15, 0.2) is 6.07 Å². The quantitative estimate of drug-likeness (QED) is 0.783. The van der Waals surface area contributed by atoms with Gasteiger partial charge in [-0.15, -0.1) is 0 Å². The fourth-order valence-corrected chi connectivity index (χ4v) is 2.94. The smallest absolute Gasteiger partial charge is 0.314 e. The average Bonchev–Trinajstić information content (AvgIpc) is 2.88. The Labute approximate surface area is 144 Å². The van der Waals surface area contributed by atoms with Crippen molar-refractivity contribution in [1.82, 2.24) is 25.3 Å². The van der Waals surface area contributed by atoms with Crippen LogP contribution in [-0.4, -0.2) is 66.1 Å². The zero-order valence-corrected chi connectivity index (χ0v) is 15.3. The molecule has 1 saturated heterocycles. The van der Waals surface area contributed by atoms with Crippen LogP contribution in [0.1, 0.15) is 25.2 Å². The Kier molecular flexibility index (Phi) is 7.05. The Bertz CT molecular complexity index is 525. The summed E-state index contributed by atoms with van der Waals surface area (Å²) in [5.74, 6) is 0.324. The Hall–Kier alpha value is -1.60. The van der Waals surface area contributed by atoms with Crippen molar-refractivity contribution in [3.8, 4) is 0 Å². The van der Waals surface area contributed by atoms with E-state index < -0.39 is 0 Å². The summed E-state index contributed by atoms with van der Waals surface area (Å²) in [6.45, 7) is 13.8. The molecule has 7 heteroatoms. The molecule has 1 fully saturated rings. The van der Waals surface area contributed by atoms with E-state index in [1.807, 2.05) is 11.6 Å². The minimum Gasteiger partial charge on any atom is -0.379 e. The molecule has 0 spiro atoms. The number of aryl methyl sites for hydroxylation is 2. The molecule has 0 radical (unpaired) electrons. The summed E-state index contributed by atoms with van der Waals surface area (Å²) in [7, 11) is 0. The van der Waals surface area contributed by atoms with Gasteiger partial charge < -0.3 is 15.4 Å². The van der Waals surface area contributed by atoms with Crippen LogP contribution in [0.4, 0.5) is 4.79 Å². The number of ether oxygens (including phenoxy) is 1. The van der Waals surface area contributed by atoms with Gasteiger partial charge in [-0.3, -0.25) is 9.58 Å². The van der Waals surface area contributed by atoms with Crippen LogP contribution in [0.25, 0.3) is 0 Å². The molecule has 2 rings (SSSR count). The van der Waals surface area contributed by atoms with Crippen molar-refractivity contribution in [3.05, 3.63) is 17.5 Å². The molecule has 0 unspecified atom stereocenters. The SMILES string of the molecule is Cc1cc(C)n(C[C@@H](C)CNC(=O)NC[C@H](C)N2CCOCC2)n1. The Morgan fingerprint density at radius 1 is 1.25 bits per heavy atom. The van der Waals surface area contributed by atoms with Gasteiger partial charge in [0.2, 0.25) is 0 Å². The summed E-state index contributed by atoms with van der Waals surface area (Å²) in [5, 5.41) is 10.4. The first-order chi connectivity index (χ1) is 11.5. The summed E-state index contributed by atoms with van der Waals surface area (Å²) < 4.78 is 7.35. The summed E-state index contributed by atoms with van der Waals surface area (Å²) in [6, 6.07) is 2.29. The normalized spacial score (nSPS) is 18.2. The number of aromatic nitrogens is 2. The zero-order chi connectivity index (χ0) is 17.5. The number of rotatable bonds is 7. The first-order valence-corrected chi connectivity index (χ1v) is 8.80. The Morgan fingerprint density at radius 2 is 1.92 bits per heavy atom. The van der Waals surface area contributed by atoms with E-state index in [4.69, 9.17) is 4.74 Å². The van der Waals surface area contributed by atoms with E-state index in [0.29, 0.717) is 25.0 Å². The van der Waals surface area contributed by atoms with Crippen molar-refractivity contribution in [2.24, 2.45) is 5.92 Å². The molecule has 2 heterocycles. The molecule has 1 aliphatic rings. The van der Waals surface area contributed by atoms with Gasteiger partial charge in [0, 0.05) is 44.5 Å². The van der Waals surface area contributed by atoms with E-state index in [0.717, 1.165) is 44.2 Å². The van der Waals surface area contributed by atoms with Gasteiger partial charge in [-0.05, 0) is 32.8 Å². The lowest BCUT2D eigenvalue weighted by atomic mass is 10.2. The lowest BCUT2D eigenvalue weighted by Gasteiger charge is -2.32. The van der Waals surface area contributed by atoms with Crippen LogP contribution in [0.2, 0.25) is 0 Å². The van der Waals surface area contributed by atoms with Crippen LogP contribution in [-0.2, 0) is 11.3 Å². The topological polar surface area (TPSA) is 71.4 Å². The predicted octanol–water partition coefficient (Wildman–Crippen LogP) is 1.16. The van der Waals surface area contributed by atoms with Crippen molar-refractivity contribution in [3.63, 3.8) is 0 Å². The number of carbonyl (C=O) groups excluding carboxylic acids is 1. The number of morpholine rings is 1. The van der Waals surface area contributed by atoms with Gasteiger partial charge in [0.15, 0.2) is 0 Å². The molecule has 0 bridgehead atoms. The monoisotopic (exact) mass is 337 g/mol. The number of hydrogen-bond donors (Lipinski definition) is 2. The van der Waals surface area contributed by atoms with Crippen molar-refractivity contribution >= 4 is 6.03 Å². The molecule has 24 heavy (non-hydrogen) atoms. The highest BCUT2D eigenvalue weighted by Gasteiger charge is 2.17. The summed E-state index contributed by atoms with van der Waals surface area (Å²) in [4.78, 5) is 14.3. The van der Waals surface area contributed by atoms with E-state index >= 15 is 0 Å². The fraction of sp³-hybridized carbons (Fsp3) is 0.765. The molecular formula is C17H31N5O2. The summed E-state index contributed by atoms with van der Waals surface area (Å²) in [5.41, 5.74) is 2.19. The minimum absolute atomic E-state index is 0.102. The average molecular weight is 337 g/mol. The van der Waals surface area contributed by atoms with Gasteiger partial charge in [0.25, 0.3) is 0 Å². The molecule has 1 aromatic heterocycles. The predicted molar refractivity (Wildman–Crippen MR) is 94.1 cm³/mol. The maximum atomic E-state index is 12.0. The van der Waals surface area contributed by atoms with E-state index in [2.05, 4.69) is 47.5 Å². The van der Waals surface area contributed by atoms with Gasteiger partial charge in [-0.25, -0.2) is 4.79 Å². The highest BCUT2D eigenvalue weighted by atomic mass is 16.5. The van der Waals surface area contributed by atoms with Crippen molar-refractivity contribution in [2.45, 2.75) is 40.3 Å². The molecule has 0 saturated carbocycles. The number of hydrogen-bond acceptors (Lipinski definition) is 4. The molecule has 0 aliphatic carbocycles. The molecule has 0 aromatic carbocycles. The number of nitrogens with zero attached hydrogens (tertiary/aromatic N) is 3. The van der Waals surface area contributed by atoms with Crippen LogP contribution in [0, 0.1) is 19.8 Å². The van der Waals surface area contributed by atoms with Crippen LogP contribution < -0.4 is 10.6 Å². The standard InChI is InChI=1S/C17H31N5O2/c1-13(12-22-15(3)9-14(2)20-22)10-18-17(23)19-11-16(4)21-5-7-24-8-6-21/h9,13,16H,5-8,10-12H2,1-4H3,(H2,18,19,23)/t13-,16-/m0/s1. The molecule has 7 nitrogen and oxygen atoms in total. The number of carbonyl (C=O) groups is 1. The highest BCUT2D eigenvalue weighted by molar-refractivity contribution is 5.73. The molecule has 2 N–H and O–H groups in total. The van der Waals surface area contributed by atoms with Gasteiger partial charge in [-0.1, -0.05) is 6.92 Å². The third-order valence-corrected chi connectivity index (χ3v) is 4.43. The molecule has 2 atom stereocenters. The minimum atomic E-state index is -0.102. The Balaban J connectivity index is 1.64. The summed E-state index contributed by atoms with van der Waals surface area (Å²) in [6.07, 6.45) is 0. The lowest BCUT2D eigenvalue weighted by Crippen LogP contribution is -2.49. The second-order valence-corrected chi connectivity index (χ2v) is 6.80. The third kappa shape index (κ3) is 5.79. The van der Waals surface area contributed by atoms with Gasteiger partial charge in [0.05, 0.1) is 18.9 Å². The maximum Gasteiger partial charge on any atom is 0.314 e. The second-order valence-electron chi connectivity index (χ2n) is 6.80. The van der Waals surface area contributed by atoms with Gasteiger partial charge in [0.1, 0.15) is 0 Å². The molecular weight excluding hydrogens is 306 g/mol. The molecule has 136 valence electrons. The first-order valence-electron chi connectivity index (χ1n) is 8.80. The molecule has 2 amide bonds. The van der Waals surface area contributed by atoms with E-state index in [1.54, 1.807) is 0 Å². The number of urea groups is 1. The highest BCUT2D eigenvalue weighted by Crippen LogP contribution is 2.06. The van der Waals surface area contributed by atoms with Gasteiger partial charge >= 0.3 is 6.03 Å². The van der Waals surface area contributed by atoms with Crippen molar-refractivity contribution in [2.75, 3.05) is 39.4 Å². The van der Waals surface area contributed by atoms with E-state index in [-0.39, 0.29) is 6.03 Å². The fourth-order valence-electron chi connectivity index (χ4n) is 2.94. The van der Waals surface area contributed by atoms with E-state index in [9.17, 15) is 4.79 Å². The van der Waals surface area contributed by atoms with E-state index in [1.165, 1.54) is 0 Å².